The van der Waals surface area contributed by atoms with Gasteiger partial charge < -0.3 is 15.5 Å². The van der Waals surface area contributed by atoms with Gasteiger partial charge in [0.25, 0.3) is 5.91 Å². The normalized spacial score (nSPS) is 11.4. The van der Waals surface area contributed by atoms with Gasteiger partial charge in [0, 0.05) is 20.6 Å². The molecule has 0 unspecified atom stereocenters. The number of thiocarbonyl (C=S) groups is 1. The number of halogens is 3. The Morgan fingerprint density at radius 1 is 1.19 bits per heavy atom. The zero-order valence-corrected chi connectivity index (χ0v) is 17.3. The number of carbonyl (C=O) groups is 1. The van der Waals surface area contributed by atoms with Gasteiger partial charge in [0.1, 0.15) is 5.56 Å². The van der Waals surface area contributed by atoms with Crippen molar-refractivity contribution in [1.82, 2.24) is 5.43 Å². The number of hydrogen-bond acceptors (Lipinski definition) is 4. The Morgan fingerprint density at radius 2 is 1.89 bits per heavy atom. The third kappa shape index (κ3) is 4.78. The molecule has 10 heteroatoms. The molecule has 0 saturated heterocycles. The number of nitrogens with one attached hydrogen (secondary N) is 2. The van der Waals surface area contributed by atoms with Crippen LogP contribution in [0.3, 0.4) is 0 Å². The first kappa shape index (κ1) is 19.6. The number of nitrogens with zero attached hydrogens (tertiary/aromatic N) is 1. The molecule has 0 aliphatic carbocycles. The van der Waals surface area contributed by atoms with Crippen molar-refractivity contribution in [3.05, 3.63) is 68.1 Å². The highest BCUT2D eigenvalue weighted by Crippen LogP contribution is 2.27. The second kappa shape index (κ2) is 8.26. The van der Waals surface area contributed by atoms with E-state index in [4.69, 9.17) is 45.6 Å². The van der Waals surface area contributed by atoms with Crippen molar-refractivity contribution in [2.45, 2.75) is 0 Å². The number of rotatable bonds is 3. The molecule has 138 valence electrons. The van der Waals surface area contributed by atoms with Crippen molar-refractivity contribution in [3.63, 3.8) is 0 Å². The fourth-order valence-electron chi connectivity index (χ4n) is 2.25. The minimum atomic E-state index is -0.442. The summed E-state index contributed by atoms with van der Waals surface area (Å²) in [4.78, 5) is 12.8. The van der Waals surface area contributed by atoms with Crippen LogP contribution in [0.1, 0.15) is 10.4 Å². The topological polar surface area (TPSA) is 92.7 Å². The summed E-state index contributed by atoms with van der Waals surface area (Å²) in [5, 5.41) is 7.88. The SMILES string of the molecule is NC(=S)N/N=c1/oc2c(Cl)cc(Cl)cc2cc1C(=O)Nc1ccc(Br)cc1. The standard InChI is InChI=1S/C17H11BrCl2N4O2S/c18-9-1-3-11(4-2-9)22-15(25)12-6-8-5-10(19)7-13(20)14(8)26-16(12)23-24-17(21)27/h1-7H,(H,22,25)(H3,21,24,27)/b23-16+. The smallest absolute Gasteiger partial charge is 0.261 e. The third-order valence-corrected chi connectivity index (χ3v) is 4.50. The second-order valence-electron chi connectivity index (χ2n) is 5.32. The van der Waals surface area contributed by atoms with Crippen molar-refractivity contribution in [3.8, 4) is 0 Å². The molecule has 0 atom stereocenters. The molecule has 0 spiro atoms. The van der Waals surface area contributed by atoms with E-state index in [1.165, 1.54) is 6.07 Å². The van der Waals surface area contributed by atoms with E-state index in [2.05, 4.69) is 31.8 Å². The van der Waals surface area contributed by atoms with Gasteiger partial charge in [-0.3, -0.25) is 10.2 Å². The Kier molecular flexibility index (Phi) is 6.01. The maximum atomic E-state index is 12.8. The Hall–Kier alpha value is -2.13. The molecule has 3 aromatic rings. The largest absolute Gasteiger partial charge is 0.435 e. The molecule has 6 nitrogen and oxygen atoms in total. The number of nitrogens with two attached hydrogens (primary N) is 1. The van der Waals surface area contributed by atoms with Gasteiger partial charge in [-0.1, -0.05) is 39.1 Å². The van der Waals surface area contributed by atoms with Crippen LogP contribution >= 0.6 is 51.3 Å². The van der Waals surface area contributed by atoms with Gasteiger partial charge in [0.05, 0.1) is 5.02 Å². The van der Waals surface area contributed by atoms with Crippen LogP contribution in [0.15, 0.2) is 56.5 Å². The van der Waals surface area contributed by atoms with Crippen LogP contribution in [0, 0.1) is 0 Å². The van der Waals surface area contributed by atoms with E-state index < -0.39 is 5.91 Å². The lowest BCUT2D eigenvalue weighted by Crippen LogP contribution is -2.29. The average molecular weight is 486 g/mol. The van der Waals surface area contributed by atoms with E-state index in [-0.39, 0.29) is 21.3 Å². The van der Waals surface area contributed by atoms with E-state index in [1.807, 2.05) is 0 Å². The minimum absolute atomic E-state index is 0.0332. The van der Waals surface area contributed by atoms with Gasteiger partial charge in [-0.05, 0) is 54.7 Å². The summed E-state index contributed by atoms with van der Waals surface area (Å²) in [6.07, 6.45) is 0. The fraction of sp³-hybridized carbons (Fsp3) is 0. The Bertz CT molecular complexity index is 1120. The number of anilines is 1. The Balaban J connectivity index is 2.11. The summed E-state index contributed by atoms with van der Waals surface area (Å²) in [6.45, 7) is 0. The van der Waals surface area contributed by atoms with Crippen molar-refractivity contribution < 1.29 is 9.21 Å². The van der Waals surface area contributed by atoms with Crippen LogP contribution < -0.4 is 22.0 Å². The minimum Gasteiger partial charge on any atom is -0.435 e. The zero-order valence-electron chi connectivity index (χ0n) is 13.4. The highest BCUT2D eigenvalue weighted by atomic mass is 79.9. The van der Waals surface area contributed by atoms with Crippen molar-refractivity contribution in [2.75, 3.05) is 5.32 Å². The predicted octanol–water partition coefficient (Wildman–Crippen LogP) is 4.40. The summed E-state index contributed by atoms with van der Waals surface area (Å²) in [5.74, 6) is -0.442. The maximum Gasteiger partial charge on any atom is 0.261 e. The molecule has 0 aliphatic rings. The molecule has 2 aromatic carbocycles. The highest BCUT2D eigenvalue weighted by molar-refractivity contribution is 9.10. The van der Waals surface area contributed by atoms with Crippen LogP contribution in [0.5, 0.6) is 0 Å². The van der Waals surface area contributed by atoms with Crippen molar-refractivity contribution in [2.24, 2.45) is 10.8 Å². The monoisotopic (exact) mass is 484 g/mol. The van der Waals surface area contributed by atoms with Gasteiger partial charge in [-0.25, -0.2) is 0 Å². The van der Waals surface area contributed by atoms with Gasteiger partial charge in [0.2, 0.25) is 5.55 Å². The van der Waals surface area contributed by atoms with E-state index >= 15 is 0 Å². The van der Waals surface area contributed by atoms with E-state index in [0.29, 0.717) is 21.7 Å². The molecule has 1 amide bonds. The lowest BCUT2D eigenvalue weighted by Gasteiger charge is -2.08. The number of carbonyl (C=O) groups excluding carboxylic acids is 1. The van der Waals surface area contributed by atoms with Gasteiger partial charge in [-0.15, -0.1) is 5.10 Å². The Labute approximate surface area is 177 Å². The number of hydrogen-bond donors (Lipinski definition) is 3. The highest BCUT2D eigenvalue weighted by Gasteiger charge is 2.15. The molecule has 0 bridgehead atoms. The van der Waals surface area contributed by atoms with Crippen molar-refractivity contribution in [1.29, 1.82) is 0 Å². The number of amides is 1. The first-order valence-corrected chi connectivity index (χ1v) is 9.38. The summed E-state index contributed by atoms with van der Waals surface area (Å²) in [5.41, 5.74) is 8.85. The van der Waals surface area contributed by atoms with Crippen LogP contribution in [-0.4, -0.2) is 11.0 Å². The van der Waals surface area contributed by atoms with Crippen LogP contribution in [0.4, 0.5) is 5.69 Å². The molecular formula is C17H11BrCl2N4O2S. The molecule has 3 rings (SSSR count). The van der Waals surface area contributed by atoms with E-state index in [0.717, 1.165) is 4.47 Å². The van der Waals surface area contributed by atoms with E-state index in [1.54, 1.807) is 36.4 Å². The lowest BCUT2D eigenvalue weighted by molar-refractivity contribution is 0.102. The van der Waals surface area contributed by atoms with Crippen molar-refractivity contribution >= 4 is 79.0 Å². The van der Waals surface area contributed by atoms with Gasteiger partial charge >= 0.3 is 0 Å². The van der Waals surface area contributed by atoms with E-state index in [9.17, 15) is 4.79 Å². The molecule has 1 heterocycles. The molecule has 0 radical (unpaired) electrons. The zero-order chi connectivity index (χ0) is 19.6. The molecule has 27 heavy (non-hydrogen) atoms. The summed E-state index contributed by atoms with van der Waals surface area (Å²) < 4.78 is 6.59. The lowest BCUT2D eigenvalue weighted by atomic mass is 10.1. The summed E-state index contributed by atoms with van der Waals surface area (Å²) in [6, 6.07) is 11.8. The summed E-state index contributed by atoms with van der Waals surface area (Å²) in [7, 11) is 0. The van der Waals surface area contributed by atoms with Crippen LogP contribution in [-0.2, 0) is 0 Å². The summed E-state index contributed by atoms with van der Waals surface area (Å²) >= 11 is 20.3. The number of benzene rings is 2. The van der Waals surface area contributed by atoms with Crippen LogP contribution in [0.25, 0.3) is 11.0 Å². The van der Waals surface area contributed by atoms with Gasteiger partial charge in [-0.2, -0.15) is 0 Å². The predicted molar refractivity (Wildman–Crippen MR) is 114 cm³/mol. The molecule has 0 aliphatic heterocycles. The average Bonchev–Trinajstić information content (AvgIpc) is 2.61. The van der Waals surface area contributed by atoms with Gasteiger partial charge in [0.15, 0.2) is 10.7 Å². The molecule has 0 saturated carbocycles. The van der Waals surface area contributed by atoms with Crippen LogP contribution in [0.2, 0.25) is 10.0 Å². The quantitative estimate of drug-likeness (QED) is 0.377. The molecular weight excluding hydrogens is 475 g/mol. The first-order chi connectivity index (χ1) is 12.8. The maximum absolute atomic E-state index is 12.8. The molecule has 0 fully saturated rings. The fourth-order valence-corrected chi connectivity index (χ4v) is 3.10. The molecule has 1 aromatic heterocycles. The molecule has 4 N–H and O–H groups in total. The Morgan fingerprint density at radius 3 is 2.56 bits per heavy atom. The second-order valence-corrected chi connectivity index (χ2v) is 7.52. The first-order valence-electron chi connectivity index (χ1n) is 7.42. The number of fused-ring (bicyclic) bond motifs is 1. The third-order valence-electron chi connectivity index (χ3n) is 3.38.